The van der Waals surface area contributed by atoms with Crippen molar-refractivity contribution in [2.45, 2.75) is 51.0 Å². The van der Waals surface area contributed by atoms with E-state index >= 15 is 0 Å². The van der Waals surface area contributed by atoms with Crippen LogP contribution in [0.2, 0.25) is 0 Å². The van der Waals surface area contributed by atoms with E-state index in [-0.39, 0.29) is 0 Å². The number of nitrogens with zero attached hydrogens (tertiary/aromatic N) is 1. The Morgan fingerprint density at radius 1 is 0.639 bits per heavy atom. The lowest BCUT2D eigenvalue weighted by Crippen LogP contribution is -2.41. The molecule has 0 amide bonds. The molecule has 2 aliphatic heterocycles. The first-order valence-corrected chi connectivity index (χ1v) is 13.2. The largest absolute Gasteiger partial charge is 0.485 e. The number of ether oxygens (including phenoxy) is 2. The second-order valence-electron chi connectivity index (χ2n) is 9.91. The van der Waals surface area contributed by atoms with Crippen LogP contribution < -0.4 is 9.47 Å². The monoisotopic (exact) mass is 475 g/mol. The topological polar surface area (TPSA) is 21.7 Å². The van der Waals surface area contributed by atoms with E-state index in [1.807, 2.05) is 12.1 Å². The predicted octanol–water partition coefficient (Wildman–Crippen LogP) is 7.67. The molecule has 0 unspecified atom stereocenters. The van der Waals surface area contributed by atoms with E-state index in [4.69, 9.17) is 9.47 Å². The molecule has 0 saturated carbocycles. The van der Waals surface area contributed by atoms with Gasteiger partial charge in [0.25, 0.3) is 0 Å². The summed E-state index contributed by atoms with van der Waals surface area (Å²) in [5.74, 6) is 1.69. The molecule has 2 heterocycles. The zero-order valence-electron chi connectivity index (χ0n) is 20.7. The van der Waals surface area contributed by atoms with Crippen LogP contribution in [0.1, 0.15) is 59.2 Å². The first-order chi connectivity index (χ1) is 17.8. The molecule has 2 aliphatic rings. The van der Waals surface area contributed by atoms with Gasteiger partial charge in [-0.05, 0) is 65.6 Å². The Balaban J connectivity index is 1.30. The molecule has 1 saturated heterocycles. The van der Waals surface area contributed by atoms with Gasteiger partial charge in [0, 0.05) is 18.6 Å². The summed E-state index contributed by atoms with van der Waals surface area (Å²) in [6.45, 7) is 2.15. The third-order valence-corrected chi connectivity index (χ3v) is 7.62. The molecular formula is C33H33NO2. The molecule has 0 aliphatic carbocycles. The van der Waals surface area contributed by atoms with Crippen molar-refractivity contribution in [2.24, 2.45) is 0 Å². The molecule has 0 N–H and O–H groups in total. The zero-order valence-corrected chi connectivity index (χ0v) is 20.7. The standard InChI is InChI=1S/C33H33NO2/c1-4-11-25(12-5-1)23-35-32-21-28-19-20-34-30(27-15-8-3-9-16-27)17-10-18-31(34)29(28)22-33(32)36-24-26-13-6-2-7-14-26/h1-9,11-16,21-22,30-31H,10,17-20,23-24H2/t30-,31-/m0/s1. The summed E-state index contributed by atoms with van der Waals surface area (Å²) >= 11 is 0. The van der Waals surface area contributed by atoms with Gasteiger partial charge in [-0.3, -0.25) is 4.90 Å². The molecule has 3 nitrogen and oxygen atoms in total. The van der Waals surface area contributed by atoms with Gasteiger partial charge in [0.2, 0.25) is 0 Å². The Kier molecular flexibility index (Phi) is 6.73. The summed E-state index contributed by atoms with van der Waals surface area (Å²) in [7, 11) is 0. The van der Waals surface area contributed by atoms with Crippen LogP contribution in [-0.4, -0.2) is 11.4 Å². The highest BCUT2D eigenvalue weighted by atomic mass is 16.5. The van der Waals surface area contributed by atoms with Crippen LogP contribution in [0, 0.1) is 0 Å². The lowest BCUT2D eigenvalue weighted by atomic mass is 9.82. The average Bonchev–Trinajstić information content (AvgIpc) is 2.96. The van der Waals surface area contributed by atoms with Gasteiger partial charge in [-0.1, -0.05) is 91.0 Å². The summed E-state index contributed by atoms with van der Waals surface area (Å²) in [6.07, 6.45) is 4.70. The van der Waals surface area contributed by atoms with Gasteiger partial charge in [-0.25, -0.2) is 0 Å². The predicted molar refractivity (Wildman–Crippen MR) is 144 cm³/mol. The second-order valence-corrected chi connectivity index (χ2v) is 9.91. The lowest BCUT2D eigenvalue weighted by molar-refractivity contribution is 0.0733. The van der Waals surface area contributed by atoms with E-state index in [1.165, 1.54) is 36.0 Å². The Hall–Kier alpha value is -3.56. The smallest absolute Gasteiger partial charge is 0.162 e. The van der Waals surface area contributed by atoms with Crippen molar-refractivity contribution in [2.75, 3.05) is 6.54 Å². The molecule has 2 atom stereocenters. The molecule has 0 aromatic heterocycles. The molecule has 4 aromatic rings. The van der Waals surface area contributed by atoms with Crippen LogP contribution in [0.15, 0.2) is 103 Å². The van der Waals surface area contributed by atoms with Crippen LogP contribution >= 0.6 is 0 Å². The van der Waals surface area contributed by atoms with E-state index in [0.717, 1.165) is 35.6 Å². The Morgan fingerprint density at radius 2 is 1.19 bits per heavy atom. The first-order valence-electron chi connectivity index (χ1n) is 13.2. The normalized spacial score (nSPS) is 19.2. The van der Waals surface area contributed by atoms with E-state index in [0.29, 0.717) is 25.3 Å². The fourth-order valence-electron chi connectivity index (χ4n) is 5.82. The Morgan fingerprint density at radius 3 is 1.83 bits per heavy atom. The fourth-order valence-corrected chi connectivity index (χ4v) is 5.82. The third kappa shape index (κ3) is 4.89. The number of piperidine rings is 1. The minimum Gasteiger partial charge on any atom is -0.485 e. The SMILES string of the molecule is c1ccc(COc2cc3c(cc2OCc2ccccc2)[C@@H]2CCC[C@@H](c4ccccc4)N2CC3)cc1. The van der Waals surface area contributed by atoms with Crippen LogP contribution in [0.3, 0.4) is 0 Å². The van der Waals surface area contributed by atoms with Gasteiger partial charge in [0.05, 0.1) is 0 Å². The van der Waals surface area contributed by atoms with Crippen LogP contribution in [0.4, 0.5) is 0 Å². The van der Waals surface area contributed by atoms with E-state index in [9.17, 15) is 0 Å². The summed E-state index contributed by atoms with van der Waals surface area (Å²) in [6, 6.07) is 37.2. The van der Waals surface area contributed by atoms with Gasteiger partial charge in [-0.2, -0.15) is 0 Å². The van der Waals surface area contributed by atoms with E-state index < -0.39 is 0 Å². The molecule has 6 rings (SSSR count). The molecule has 0 radical (unpaired) electrons. The zero-order chi connectivity index (χ0) is 24.2. The third-order valence-electron chi connectivity index (χ3n) is 7.62. The van der Waals surface area contributed by atoms with Gasteiger partial charge < -0.3 is 9.47 Å². The van der Waals surface area contributed by atoms with Crippen molar-refractivity contribution >= 4 is 0 Å². The first kappa shape index (κ1) is 22.9. The minimum atomic E-state index is 0.426. The molecule has 1 fully saturated rings. The molecule has 0 spiro atoms. The van der Waals surface area contributed by atoms with Gasteiger partial charge in [0.1, 0.15) is 13.2 Å². The van der Waals surface area contributed by atoms with Crippen molar-refractivity contribution in [1.29, 1.82) is 0 Å². The van der Waals surface area contributed by atoms with E-state index in [1.54, 1.807) is 0 Å². The summed E-state index contributed by atoms with van der Waals surface area (Å²) < 4.78 is 12.8. The van der Waals surface area contributed by atoms with Crippen LogP contribution in [0.5, 0.6) is 11.5 Å². The summed E-state index contributed by atoms with van der Waals surface area (Å²) in [5, 5.41) is 0. The molecule has 0 bridgehead atoms. The summed E-state index contributed by atoms with van der Waals surface area (Å²) in [4.78, 5) is 2.73. The van der Waals surface area contributed by atoms with Crippen LogP contribution in [-0.2, 0) is 19.6 Å². The van der Waals surface area contributed by atoms with Gasteiger partial charge in [0.15, 0.2) is 11.5 Å². The Bertz CT molecular complexity index is 1270. The maximum atomic E-state index is 6.43. The molecule has 4 aromatic carbocycles. The maximum Gasteiger partial charge on any atom is 0.162 e. The highest BCUT2D eigenvalue weighted by molar-refractivity contribution is 5.50. The molecular weight excluding hydrogens is 442 g/mol. The van der Waals surface area contributed by atoms with Crippen molar-refractivity contribution in [3.63, 3.8) is 0 Å². The average molecular weight is 476 g/mol. The number of rotatable bonds is 7. The Labute approximate surface area is 214 Å². The second kappa shape index (κ2) is 10.6. The number of fused-ring (bicyclic) bond motifs is 3. The van der Waals surface area contributed by atoms with Crippen molar-refractivity contribution < 1.29 is 9.47 Å². The van der Waals surface area contributed by atoms with Gasteiger partial charge in [-0.15, -0.1) is 0 Å². The highest BCUT2D eigenvalue weighted by Gasteiger charge is 2.36. The molecule has 3 heteroatoms. The number of hydrogen-bond acceptors (Lipinski definition) is 3. The number of hydrogen-bond donors (Lipinski definition) is 0. The fraction of sp³-hybridized carbons (Fsp3) is 0.273. The lowest BCUT2D eigenvalue weighted by Gasteiger charge is -2.46. The van der Waals surface area contributed by atoms with Crippen LogP contribution in [0.25, 0.3) is 0 Å². The minimum absolute atomic E-state index is 0.426. The molecule has 182 valence electrons. The van der Waals surface area contributed by atoms with Crippen molar-refractivity contribution in [1.82, 2.24) is 4.90 Å². The van der Waals surface area contributed by atoms with E-state index in [2.05, 4.69) is 95.9 Å². The van der Waals surface area contributed by atoms with Crippen molar-refractivity contribution in [3.8, 4) is 11.5 Å². The summed E-state index contributed by atoms with van der Waals surface area (Å²) in [5.41, 5.74) is 6.58. The van der Waals surface area contributed by atoms with Crippen molar-refractivity contribution in [3.05, 3.63) is 131 Å². The van der Waals surface area contributed by atoms with Gasteiger partial charge >= 0.3 is 0 Å². The number of benzene rings is 4. The maximum absolute atomic E-state index is 6.43. The highest BCUT2D eigenvalue weighted by Crippen LogP contribution is 2.47. The quantitative estimate of drug-likeness (QED) is 0.274. The molecule has 36 heavy (non-hydrogen) atoms.